The molecular formula is C13H13NO3S. The van der Waals surface area contributed by atoms with E-state index in [0.717, 1.165) is 27.5 Å². The summed E-state index contributed by atoms with van der Waals surface area (Å²) in [5, 5.41) is 0.755. The van der Waals surface area contributed by atoms with Crippen LogP contribution in [0.25, 0.3) is 10.6 Å². The van der Waals surface area contributed by atoms with Gasteiger partial charge in [0.1, 0.15) is 22.2 Å². The van der Waals surface area contributed by atoms with Crippen molar-refractivity contribution in [3.05, 3.63) is 28.8 Å². The van der Waals surface area contributed by atoms with Crippen molar-refractivity contribution in [1.29, 1.82) is 0 Å². The number of methoxy groups -OCH3 is 2. The van der Waals surface area contributed by atoms with Crippen LogP contribution < -0.4 is 9.47 Å². The third kappa shape index (κ3) is 2.22. The molecule has 0 saturated carbocycles. The summed E-state index contributed by atoms with van der Waals surface area (Å²) in [5.74, 6) is 1.44. The predicted molar refractivity (Wildman–Crippen MR) is 70.8 cm³/mol. The maximum absolute atomic E-state index is 10.8. The molecule has 1 aromatic carbocycles. The molecule has 0 aliphatic heterocycles. The van der Waals surface area contributed by atoms with Gasteiger partial charge in [0, 0.05) is 4.88 Å². The molecule has 1 heterocycles. The number of nitrogens with zero attached hydrogens (tertiary/aromatic N) is 1. The number of aldehydes is 1. The third-order valence-electron chi connectivity index (χ3n) is 2.58. The molecule has 0 bridgehead atoms. The molecule has 5 heteroatoms. The van der Waals surface area contributed by atoms with Crippen molar-refractivity contribution < 1.29 is 14.3 Å². The number of hydrogen-bond donors (Lipinski definition) is 0. The van der Waals surface area contributed by atoms with Crippen LogP contribution in [0, 0.1) is 6.92 Å². The zero-order chi connectivity index (χ0) is 13.1. The Morgan fingerprint density at radius 3 is 2.61 bits per heavy atom. The predicted octanol–water partition coefficient (Wildman–Crippen LogP) is 2.95. The van der Waals surface area contributed by atoms with Crippen molar-refractivity contribution in [2.24, 2.45) is 0 Å². The Hall–Kier alpha value is -1.88. The van der Waals surface area contributed by atoms with Crippen molar-refractivity contribution in [3.8, 4) is 22.1 Å². The largest absolute Gasteiger partial charge is 0.497 e. The van der Waals surface area contributed by atoms with Crippen LogP contribution in [0.4, 0.5) is 0 Å². The molecular weight excluding hydrogens is 250 g/mol. The van der Waals surface area contributed by atoms with Crippen LogP contribution in [0.15, 0.2) is 18.2 Å². The molecule has 0 unspecified atom stereocenters. The summed E-state index contributed by atoms with van der Waals surface area (Å²) < 4.78 is 10.5. The third-order valence-corrected chi connectivity index (χ3v) is 3.60. The number of benzene rings is 1. The second kappa shape index (κ2) is 5.18. The highest BCUT2D eigenvalue weighted by Crippen LogP contribution is 2.36. The van der Waals surface area contributed by atoms with Crippen LogP contribution >= 0.6 is 11.3 Å². The molecule has 0 amide bonds. The van der Waals surface area contributed by atoms with E-state index in [4.69, 9.17) is 9.47 Å². The van der Waals surface area contributed by atoms with Gasteiger partial charge in [-0.1, -0.05) is 0 Å². The van der Waals surface area contributed by atoms with E-state index in [1.165, 1.54) is 11.3 Å². The van der Waals surface area contributed by atoms with Gasteiger partial charge in [0.2, 0.25) is 0 Å². The maximum atomic E-state index is 10.8. The van der Waals surface area contributed by atoms with Gasteiger partial charge in [-0.25, -0.2) is 4.98 Å². The van der Waals surface area contributed by atoms with Gasteiger partial charge in [0.25, 0.3) is 0 Å². The lowest BCUT2D eigenvalue weighted by Crippen LogP contribution is -1.90. The molecule has 0 spiro atoms. The van der Waals surface area contributed by atoms with Gasteiger partial charge in [0.05, 0.1) is 19.8 Å². The van der Waals surface area contributed by atoms with Crippen LogP contribution in [0.5, 0.6) is 11.5 Å². The lowest BCUT2D eigenvalue weighted by atomic mass is 10.2. The lowest BCUT2D eigenvalue weighted by Gasteiger charge is -2.07. The molecule has 0 fully saturated rings. The fraction of sp³-hybridized carbons (Fsp3) is 0.231. The quantitative estimate of drug-likeness (QED) is 0.796. The zero-order valence-electron chi connectivity index (χ0n) is 10.4. The minimum atomic E-state index is 0.472. The van der Waals surface area contributed by atoms with E-state index in [1.54, 1.807) is 14.2 Å². The molecule has 1 aromatic heterocycles. The SMILES string of the molecule is COc1ccc(OC)c(-c2nc(C=O)c(C)s2)c1. The average molecular weight is 263 g/mol. The molecule has 0 atom stereocenters. The second-order valence-electron chi connectivity index (χ2n) is 3.64. The van der Waals surface area contributed by atoms with Crippen LogP contribution in [0.1, 0.15) is 15.4 Å². The van der Waals surface area contributed by atoms with Crippen molar-refractivity contribution >= 4 is 17.6 Å². The first kappa shape index (κ1) is 12.6. The van der Waals surface area contributed by atoms with Gasteiger partial charge < -0.3 is 9.47 Å². The number of hydrogen-bond acceptors (Lipinski definition) is 5. The first-order valence-electron chi connectivity index (χ1n) is 5.34. The van der Waals surface area contributed by atoms with E-state index < -0.39 is 0 Å². The fourth-order valence-corrected chi connectivity index (χ4v) is 2.52. The molecule has 2 aromatic rings. The summed E-state index contributed by atoms with van der Waals surface area (Å²) in [5.41, 5.74) is 1.30. The molecule has 0 aliphatic rings. The summed E-state index contributed by atoms with van der Waals surface area (Å²) >= 11 is 1.46. The Morgan fingerprint density at radius 2 is 2.06 bits per heavy atom. The second-order valence-corrected chi connectivity index (χ2v) is 4.85. The smallest absolute Gasteiger partial charge is 0.169 e. The lowest BCUT2D eigenvalue weighted by molar-refractivity contribution is 0.111. The van der Waals surface area contributed by atoms with E-state index >= 15 is 0 Å². The summed E-state index contributed by atoms with van der Waals surface area (Å²) in [6.07, 6.45) is 0.766. The maximum Gasteiger partial charge on any atom is 0.169 e. The van der Waals surface area contributed by atoms with Gasteiger partial charge in [0.15, 0.2) is 6.29 Å². The molecule has 94 valence electrons. The minimum Gasteiger partial charge on any atom is -0.497 e. The van der Waals surface area contributed by atoms with E-state index in [-0.39, 0.29) is 0 Å². The van der Waals surface area contributed by atoms with E-state index in [1.807, 2.05) is 25.1 Å². The van der Waals surface area contributed by atoms with Gasteiger partial charge in [-0.15, -0.1) is 11.3 Å². The van der Waals surface area contributed by atoms with Crippen LogP contribution in [0.2, 0.25) is 0 Å². The minimum absolute atomic E-state index is 0.472. The first-order chi connectivity index (χ1) is 8.69. The van der Waals surface area contributed by atoms with Crippen molar-refractivity contribution in [2.45, 2.75) is 6.92 Å². The number of aromatic nitrogens is 1. The van der Waals surface area contributed by atoms with Gasteiger partial charge in [-0.05, 0) is 25.1 Å². The Balaban J connectivity index is 2.56. The van der Waals surface area contributed by atoms with E-state index in [0.29, 0.717) is 11.4 Å². The molecule has 2 rings (SSSR count). The molecule has 0 N–H and O–H groups in total. The summed E-state index contributed by atoms with van der Waals surface area (Å²) in [6, 6.07) is 5.50. The fourth-order valence-electron chi connectivity index (χ4n) is 1.61. The number of carbonyl (C=O) groups is 1. The Bertz CT molecular complexity index is 578. The van der Waals surface area contributed by atoms with E-state index in [2.05, 4.69) is 4.98 Å². The summed E-state index contributed by atoms with van der Waals surface area (Å²) in [7, 11) is 3.21. The molecule has 0 saturated heterocycles. The Kier molecular flexibility index (Phi) is 3.62. The van der Waals surface area contributed by atoms with E-state index in [9.17, 15) is 4.79 Å². The van der Waals surface area contributed by atoms with Gasteiger partial charge in [-0.2, -0.15) is 0 Å². The van der Waals surface area contributed by atoms with Crippen LogP contribution in [-0.2, 0) is 0 Å². The molecule has 4 nitrogen and oxygen atoms in total. The normalized spacial score (nSPS) is 10.2. The van der Waals surface area contributed by atoms with Crippen LogP contribution in [0.3, 0.4) is 0 Å². The van der Waals surface area contributed by atoms with Crippen LogP contribution in [-0.4, -0.2) is 25.5 Å². The highest BCUT2D eigenvalue weighted by molar-refractivity contribution is 7.15. The summed E-state index contributed by atoms with van der Waals surface area (Å²) in [4.78, 5) is 16.0. The topological polar surface area (TPSA) is 48.4 Å². The number of aryl methyl sites for hydroxylation is 1. The van der Waals surface area contributed by atoms with Crippen molar-refractivity contribution in [3.63, 3.8) is 0 Å². The van der Waals surface area contributed by atoms with Gasteiger partial charge in [-0.3, -0.25) is 4.79 Å². The first-order valence-corrected chi connectivity index (χ1v) is 6.16. The molecule has 18 heavy (non-hydrogen) atoms. The van der Waals surface area contributed by atoms with Crippen molar-refractivity contribution in [2.75, 3.05) is 14.2 Å². The highest BCUT2D eigenvalue weighted by atomic mass is 32.1. The number of thiazole rings is 1. The standard InChI is InChI=1S/C13H13NO3S/c1-8-11(7-15)14-13(18-8)10-6-9(16-2)4-5-12(10)17-3/h4-7H,1-3H3. The van der Waals surface area contributed by atoms with Gasteiger partial charge >= 0.3 is 0 Å². The monoisotopic (exact) mass is 263 g/mol. The number of ether oxygens (including phenoxy) is 2. The summed E-state index contributed by atoms with van der Waals surface area (Å²) in [6.45, 7) is 1.87. The number of carbonyl (C=O) groups excluding carboxylic acids is 1. The average Bonchev–Trinajstić information content (AvgIpc) is 2.79. The van der Waals surface area contributed by atoms with Crippen molar-refractivity contribution in [1.82, 2.24) is 4.98 Å². The zero-order valence-corrected chi connectivity index (χ0v) is 11.2. The Labute approximate surface area is 109 Å². The molecule has 0 radical (unpaired) electrons. The highest BCUT2D eigenvalue weighted by Gasteiger charge is 2.14. The molecule has 0 aliphatic carbocycles. The number of rotatable bonds is 4. The Morgan fingerprint density at radius 1 is 1.28 bits per heavy atom.